The molecule has 2 aromatic rings. The van der Waals surface area contributed by atoms with E-state index in [0.717, 1.165) is 17.9 Å². The van der Waals surface area contributed by atoms with E-state index < -0.39 is 5.97 Å². The Balaban J connectivity index is 2.64. The Labute approximate surface area is 105 Å². The zero-order valence-electron chi connectivity index (χ0n) is 10.8. The Bertz CT molecular complexity index is 587. The van der Waals surface area contributed by atoms with Crippen LogP contribution in [0.3, 0.4) is 0 Å². The maximum atomic E-state index is 11.2. The topological polar surface area (TPSA) is 66.6 Å². The second kappa shape index (κ2) is 4.68. The van der Waals surface area contributed by atoms with E-state index in [-0.39, 0.29) is 5.69 Å². The summed E-state index contributed by atoms with van der Waals surface area (Å²) in [5, 5.41) is 12.2. The largest absolute Gasteiger partial charge is 0.476 e. The fourth-order valence-corrected chi connectivity index (χ4v) is 1.96. The highest BCUT2D eigenvalue weighted by molar-refractivity contribution is 5.93. The summed E-state index contributed by atoms with van der Waals surface area (Å²) in [4.78, 5) is 15.4. The lowest BCUT2D eigenvalue weighted by molar-refractivity contribution is 0.0693. The molecule has 0 saturated heterocycles. The van der Waals surface area contributed by atoms with Gasteiger partial charge in [0, 0.05) is 19.7 Å². The van der Waals surface area contributed by atoms with Crippen LogP contribution in [0.2, 0.25) is 0 Å². The first kappa shape index (κ1) is 12.4. The van der Waals surface area contributed by atoms with Crippen molar-refractivity contribution in [2.24, 2.45) is 5.92 Å². The predicted octanol–water partition coefficient (Wildman–Crippen LogP) is 2.27. The molecule has 0 bridgehead atoms. The first-order chi connectivity index (χ1) is 8.52. The molecule has 0 aromatic carbocycles. The molecule has 96 valence electrons. The quantitative estimate of drug-likeness (QED) is 0.869. The molecule has 2 N–H and O–H groups in total. The number of fused-ring (bicyclic) bond motifs is 1. The number of nitrogens with zero attached hydrogens (tertiary/aromatic N) is 2. The number of carboxylic acid groups (broad SMARTS) is 1. The second-order valence-electron chi connectivity index (χ2n) is 4.70. The summed E-state index contributed by atoms with van der Waals surface area (Å²) in [6.07, 6.45) is 2.63. The van der Waals surface area contributed by atoms with Crippen LogP contribution < -0.4 is 5.32 Å². The first-order valence-corrected chi connectivity index (χ1v) is 5.95. The number of rotatable bonds is 4. The summed E-state index contributed by atoms with van der Waals surface area (Å²) in [7, 11) is 1.83. The molecule has 0 spiro atoms. The van der Waals surface area contributed by atoms with Crippen molar-refractivity contribution in [1.29, 1.82) is 0 Å². The SMILES string of the molecule is CNc1ccc2c(C(=O)O)nc(CC(C)C)n2c1. The molecule has 0 amide bonds. The van der Waals surface area contributed by atoms with Gasteiger partial charge in [-0.3, -0.25) is 0 Å². The zero-order valence-corrected chi connectivity index (χ0v) is 10.8. The van der Waals surface area contributed by atoms with Crippen LogP contribution in [-0.4, -0.2) is 27.5 Å². The predicted molar refractivity (Wildman–Crippen MR) is 70.2 cm³/mol. The van der Waals surface area contributed by atoms with Crippen LogP contribution in [0.1, 0.15) is 30.2 Å². The average molecular weight is 247 g/mol. The Morgan fingerprint density at radius 1 is 1.50 bits per heavy atom. The van der Waals surface area contributed by atoms with Crippen molar-refractivity contribution >= 4 is 17.2 Å². The van der Waals surface area contributed by atoms with E-state index in [9.17, 15) is 4.79 Å². The third kappa shape index (κ3) is 2.16. The zero-order chi connectivity index (χ0) is 13.3. The van der Waals surface area contributed by atoms with Gasteiger partial charge in [-0.25, -0.2) is 9.78 Å². The van der Waals surface area contributed by atoms with Crippen molar-refractivity contribution < 1.29 is 9.90 Å². The number of aromatic nitrogens is 2. The molecule has 2 aromatic heterocycles. The molecule has 18 heavy (non-hydrogen) atoms. The molecule has 0 radical (unpaired) electrons. The van der Waals surface area contributed by atoms with Gasteiger partial charge in [0.1, 0.15) is 5.82 Å². The molecule has 0 aliphatic carbocycles. The fraction of sp³-hybridized carbons (Fsp3) is 0.385. The van der Waals surface area contributed by atoms with Crippen LogP contribution in [0.5, 0.6) is 0 Å². The van der Waals surface area contributed by atoms with Crippen LogP contribution in [0.15, 0.2) is 18.3 Å². The van der Waals surface area contributed by atoms with Gasteiger partial charge in [-0.05, 0) is 18.1 Å². The van der Waals surface area contributed by atoms with Gasteiger partial charge in [0.05, 0.1) is 11.2 Å². The van der Waals surface area contributed by atoms with Gasteiger partial charge in [-0.2, -0.15) is 0 Å². The normalized spacial score (nSPS) is 11.1. The van der Waals surface area contributed by atoms with Crippen molar-refractivity contribution in [3.05, 3.63) is 29.8 Å². The fourth-order valence-electron chi connectivity index (χ4n) is 1.96. The van der Waals surface area contributed by atoms with Gasteiger partial charge in [-0.15, -0.1) is 0 Å². The Morgan fingerprint density at radius 2 is 2.22 bits per heavy atom. The van der Waals surface area contributed by atoms with E-state index >= 15 is 0 Å². The Hall–Kier alpha value is -2.04. The van der Waals surface area contributed by atoms with E-state index in [2.05, 4.69) is 24.1 Å². The lowest BCUT2D eigenvalue weighted by atomic mass is 10.1. The summed E-state index contributed by atoms with van der Waals surface area (Å²) < 4.78 is 1.86. The lowest BCUT2D eigenvalue weighted by Gasteiger charge is -2.06. The highest BCUT2D eigenvalue weighted by Crippen LogP contribution is 2.19. The van der Waals surface area contributed by atoms with Gasteiger partial charge in [-0.1, -0.05) is 13.8 Å². The Kier molecular flexibility index (Phi) is 3.23. The molecular weight excluding hydrogens is 230 g/mol. The minimum absolute atomic E-state index is 0.119. The van der Waals surface area contributed by atoms with Crippen molar-refractivity contribution in [1.82, 2.24) is 9.38 Å². The summed E-state index contributed by atoms with van der Waals surface area (Å²) in [5.41, 5.74) is 1.69. The van der Waals surface area contributed by atoms with Gasteiger partial charge < -0.3 is 14.8 Å². The smallest absolute Gasteiger partial charge is 0.356 e. The molecular formula is C13H17N3O2. The van der Waals surface area contributed by atoms with E-state index in [0.29, 0.717) is 11.4 Å². The van der Waals surface area contributed by atoms with Crippen LogP contribution in [0, 0.1) is 5.92 Å². The van der Waals surface area contributed by atoms with Crippen molar-refractivity contribution in [3.8, 4) is 0 Å². The summed E-state index contributed by atoms with van der Waals surface area (Å²) in [6, 6.07) is 3.63. The van der Waals surface area contributed by atoms with E-state index in [1.807, 2.05) is 23.7 Å². The van der Waals surface area contributed by atoms with Gasteiger partial charge in [0.25, 0.3) is 0 Å². The third-order valence-corrected chi connectivity index (χ3v) is 2.79. The maximum absolute atomic E-state index is 11.2. The van der Waals surface area contributed by atoms with E-state index in [4.69, 9.17) is 5.11 Å². The molecule has 0 unspecified atom stereocenters. The molecule has 0 atom stereocenters. The minimum Gasteiger partial charge on any atom is -0.476 e. The monoisotopic (exact) mass is 247 g/mol. The van der Waals surface area contributed by atoms with Crippen molar-refractivity contribution in [2.45, 2.75) is 20.3 Å². The molecule has 0 saturated carbocycles. The second-order valence-corrected chi connectivity index (χ2v) is 4.70. The summed E-state index contributed by atoms with van der Waals surface area (Å²) >= 11 is 0. The Morgan fingerprint density at radius 3 is 2.78 bits per heavy atom. The van der Waals surface area contributed by atoms with Crippen LogP contribution in [0.25, 0.3) is 5.52 Å². The number of carbonyl (C=O) groups is 1. The summed E-state index contributed by atoms with van der Waals surface area (Å²) in [5.74, 6) is 0.227. The molecule has 0 aliphatic rings. The van der Waals surface area contributed by atoms with Crippen LogP contribution >= 0.6 is 0 Å². The van der Waals surface area contributed by atoms with Gasteiger partial charge >= 0.3 is 5.97 Å². The van der Waals surface area contributed by atoms with Crippen molar-refractivity contribution in [2.75, 3.05) is 12.4 Å². The number of anilines is 1. The van der Waals surface area contributed by atoms with Crippen LogP contribution in [-0.2, 0) is 6.42 Å². The standard InChI is InChI=1S/C13H17N3O2/c1-8(2)6-11-15-12(13(17)18)10-5-4-9(14-3)7-16(10)11/h4-5,7-8,14H,6H2,1-3H3,(H,17,18). The van der Waals surface area contributed by atoms with Gasteiger partial charge in [0.2, 0.25) is 0 Å². The third-order valence-electron chi connectivity index (χ3n) is 2.79. The number of pyridine rings is 1. The van der Waals surface area contributed by atoms with Crippen LogP contribution in [0.4, 0.5) is 5.69 Å². The average Bonchev–Trinajstić information content (AvgIpc) is 2.67. The number of hydrogen-bond donors (Lipinski definition) is 2. The number of carboxylic acids is 1. The van der Waals surface area contributed by atoms with Gasteiger partial charge in [0.15, 0.2) is 5.69 Å². The molecule has 5 nitrogen and oxygen atoms in total. The highest BCUT2D eigenvalue weighted by Gasteiger charge is 2.17. The lowest BCUT2D eigenvalue weighted by Crippen LogP contribution is -2.01. The number of hydrogen-bond acceptors (Lipinski definition) is 3. The van der Waals surface area contributed by atoms with E-state index in [1.165, 1.54) is 0 Å². The number of nitrogens with one attached hydrogen (secondary N) is 1. The highest BCUT2D eigenvalue weighted by atomic mass is 16.4. The number of imidazole rings is 1. The summed E-state index contributed by atoms with van der Waals surface area (Å²) in [6.45, 7) is 4.17. The maximum Gasteiger partial charge on any atom is 0.356 e. The molecule has 5 heteroatoms. The van der Waals surface area contributed by atoms with Crippen molar-refractivity contribution in [3.63, 3.8) is 0 Å². The first-order valence-electron chi connectivity index (χ1n) is 5.95. The molecule has 2 rings (SSSR count). The molecule has 0 fully saturated rings. The molecule has 2 heterocycles. The number of aromatic carboxylic acids is 1. The molecule has 0 aliphatic heterocycles. The minimum atomic E-state index is -0.986. The van der Waals surface area contributed by atoms with E-state index in [1.54, 1.807) is 6.07 Å².